The largest absolute Gasteiger partial charge is 0.384 e. The van der Waals surface area contributed by atoms with Crippen LogP contribution in [0, 0.1) is 0 Å². The highest BCUT2D eigenvalue weighted by Crippen LogP contribution is 2.18. The number of aryl methyl sites for hydroxylation is 1. The fourth-order valence-corrected chi connectivity index (χ4v) is 2.04. The number of hydrogen-bond donors (Lipinski definition) is 1. The van der Waals surface area contributed by atoms with E-state index in [-0.39, 0.29) is 0 Å². The summed E-state index contributed by atoms with van der Waals surface area (Å²) >= 11 is 0. The molecule has 17 heavy (non-hydrogen) atoms. The smallest absolute Gasteiger partial charge is 0.134 e. The van der Waals surface area contributed by atoms with Crippen molar-refractivity contribution in [1.82, 2.24) is 9.97 Å². The molecule has 4 heteroatoms. The van der Waals surface area contributed by atoms with Crippen molar-refractivity contribution in [3.05, 3.63) is 11.9 Å². The maximum Gasteiger partial charge on any atom is 0.134 e. The van der Waals surface area contributed by atoms with Gasteiger partial charge in [-0.3, -0.25) is 0 Å². The van der Waals surface area contributed by atoms with Gasteiger partial charge in [0.2, 0.25) is 0 Å². The lowest BCUT2D eigenvalue weighted by molar-refractivity contribution is 0.585. The van der Waals surface area contributed by atoms with Crippen LogP contribution in [-0.2, 0) is 6.42 Å². The number of rotatable bonds is 6. The van der Waals surface area contributed by atoms with Crippen LogP contribution in [0.4, 0.5) is 11.6 Å². The van der Waals surface area contributed by atoms with E-state index in [2.05, 4.69) is 42.7 Å². The Morgan fingerprint density at radius 2 is 1.88 bits per heavy atom. The monoisotopic (exact) mass is 236 g/mol. The molecule has 0 aromatic carbocycles. The van der Waals surface area contributed by atoms with Crippen LogP contribution in [0.2, 0.25) is 0 Å². The van der Waals surface area contributed by atoms with Gasteiger partial charge in [-0.25, -0.2) is 9.97 Å². The van der Waals surface area contributed by atoms with Crippen molar-refractivity contribution in [3.63, 3.8) is 0 Å². The van der Waals surface area contributed by atoms with Gasteiger partial charge in [0.25, 0.3) is 0 Å². The van der Waals surface area contributed by atoms with Crippen molar-refractivity contribution in [2.75, 3.05) is 17.7 Å². The van der Waals surface area contributed by atoms with Crippen molar-refractivity contribution < 1.29 is 0 Å². The average Bonchev–Trinajstić information content (AvgIpc) is 2.30. The zero-order valence-corrected chi connectivity index (χ0v) is 11.4. The lowest BCUT2D eigenvalue weighted by Gasteiger charge is -2.27. The summed E-state index contributed by atoms with van der Waals surface area (Å²) in [7, 11) is 2.08. The molecule has 4 nitrogen and oxygen atoms in total. The summed E-state index contributed by atoms with van der Waals surface area (Å²) in [5, 5.41) is 0. The van der Waals surface area contributed by atoms with Gasteiger partial charge < -0.3 is 10.6 Å². The van der Waals surface area contributed by atoms with Gasteiger partial charge in [-0.1, -0.05) is 20.8 Å². The molecular weight excluding hydrogens is 212 g/mol. The molecule has 1 aromatic rings. The summed E-state index contributed by atoms with van der Waals surface area (Å²) in [5.74, 6) is 2.35. The molecule has 0 bridgehead atoms. The Morgan fingerprint density at radius 1 is 1.24 bits per heavy atom. The third-order valence-electron chi connectivity index (χ3n) is 3.10. The van der Waals surface area contributed by atoms with Crippen LogP contribution in [0.5, 0.6) is 0 Å². The van der Waals surface area contributed by atoms with Crippen LogP contribution in [0.15, 0.2) is 6.07 Å². The van der Waals surface area contributed by atoms with Crippen molar-refractivity contribution in [3.8, 4) is 0 Å². The van der Waals surface area contributed by atoms with E-state index in [1.54, 1.807) is 0 Å². The summed E-state index contributed by atoms with van der Waals surface area (Å²) in [5.41, 5.74) is 5.83. The third kappa shape index (κ3) is 3.58. The molecule has 96 valence electrons. The summed E-state index contributed by atoms with van der Waals surface area (Å²) in [6, 6.07) is 2.37. The molecule has 0 amide bonds. The molecule has 0 spiro atoms. The van der Waals surface area contributed by atoms with Crippen LogP contribution < -0.4 is 10.6 Å². The first-order chi connectivity index (χ1) is 8.12. The van der Waals surface area contributed by atoms with E-state index in [0.29, 0.717) is 11.9 Å². The second kappa shape index (κ2) is 6.42. The van der Waals surface area contributed by atoms with Crippen LogP contribution in [0.1, 0.15) is 45.9 Å². The first kappa shape index (κ1) is 13.7. The maximum absolute atomic E-state index is 5.83. The lowest BCUT2D eigenvalue weighted by atomic mass is 10.1. The summed E-state index contributed by atoms with van der Waals surface area (Å²) in [6.07, 6.45) is 4.15. The zero-order valence-electron chi connectivity index (χ0n) is 11.4. The van der Waals surface area contributed by atoms with Gasteiger partial charge in [-0.2, -0.15) is 0 Å². The van der Waals surface area contributed by atoms with Crippen molar-refractivity contribution in [2.24, 2.45) is 0 Å². The first-order valence-corrected chi connectivity index (χ1v) is 6.48. The average molecular weight is 236 g/mol. The Morgan fingerprint density at radius 3 is 2.41 bits per heavy atom. The fourth-order valence-electron chi connectivity index (χ4n) is 2.04. The fraction of sp³-hybridized carbons (Fsp3) is 0.692. The Balaban J connectivity index is 2.95. The molecule has 2 N–H and O–H groups in total. The second-order valence-corrected chi connectivity index (χ2v) is 4.40. The van der Waals surface area contributed by atoms with Crippen LogP contribution in [0.3, 0.4) is 0 Å². The van der Waals surface area contributed by atoms with Crippen molar-refractivity contribution in [2.45, 2.75) is 52.5 Å². The predicted octanol–water partition coefficient (Wildman–Crippen LogP) is 2.64. The molecule has 0 aliphatic heterocycles. The Hall–Kier alpha value is -1.32. The van der Waals surface area contributed by atoms with Gasteiger partial charge >= 0.3 is 0 Å². The molecule has 1 heterocycles. The van der Waals surface area contributed by atoms with Crippen molar-refractivity contribution in [1.29, 1.82) is 0 Å². The third-order valence-corrected chi connectivity index (χ3v) is 3.10. The first-order valence-electron chi connectivity index (χ1n) is 6.48. The predicted molar refractivity (Wildman–Crippen MR) is 73.2 cm³/mol. The minimum Gasteiger partial charge on any atom is -0.384 e. The minimum atomic E-state index is 0.513. The Labute approximate surface area is 104 Å². The van der Waals surface area contributed by atoms with E-state index in [1.807, 2.05) is 6.07 Å². The highest BCUT2D eigenvalue weighted by Gasteiger charge is 2.13. The molecule has 0 unspecified atom stereocenters. The minimum absolute atomic E-state index is 0.513. The van der Waals surface area contributed by atoms with Gasteiger partial charge in [0.05, 0.1) is 0 Å². The van der Waals surface area contributed by atoms with Crippen molar-refractivity contribution >= 4 is 11.6 Å². The number of anilines is 2. The van der Waals surface area contributed by atoms with E-state index in [9.17, 15) is 0 Å². The molecule has 0 aliphatic carbocycles. The Kier molecular flexibility index (Phi) is 5.19. The van der Waals surface area contributed by atoms with Gasteiger partial charge in [-0.15, -0.1) is 0 Å². The quantitative estimate of drug-likeness (QED) is 0.825. The topological polar surface area (TPSA) is 55.0 Å². The number of aromatic nitrogens is 2. The summed E-state index contributed by atoms with van der Waals surface area (Å²) < 4.78 is 0. The summed E-state index contributed by atoms with van der Waals surface area (Å²) in [6.45, 7) is 6.52. The SMILES string of the molecule is CCCc1nc(N)cc(N(C)C(CC)CC)n1. The van der Waals surface area contributed by atoms with E-state index < -0.39 is 0 Å². The standard InChI is InChI=1S/C13H24N4/c1-5-8-12-15-11(14)9-13(16-12)17(4)10(6-2)7-3/h9-10H,5-8H2,1-4H3,(H2,14,15,16). The van der Waals surface area contributed by atoms with Crippen LogP contribution in [0.25, 0.3) is 0 Å². The lowest BCUT2D eigenvalue weighted by Crippen LogP contribution is -2.31. The van der Waals surface area contributed by atoms with Gasteiger partial charge in [0, 0.05) is 25.6 Å². The van der Waals surface area contributed by atoms with E-state index in [4.69, 9.17) is 5.73 Å². The Bertz CT molecular complexity index is 347. The van der Waals surface area contributed by atoms with Gasteiger partial charge in [-0.05, 0) is 19.3 Å². The number of nitrogen functional groups attached to an aromatic ring is 1. The molecule has 0 atom stereocenters. The normalized spacial score (nSPS) is 10.9. The molecule has 0 radical (unpaired) electrons. The van der Waals surface area contributed by atoms with Crippen LogP contribution in [-0.4, -0.2) is 23.1 Å². The highest BCUT2D eigenvalue weighted by atomic mass is 15.2. The van der Waals surface area contributed by atoms with E-state index >= 15 is 0 Å². The second-order valence-electron chi connectivity index (χ2n) is 4.40. The molecular formula is C13H24N4. The molecule has 1 rings (SSSR count). The molecule has 0 fully saturated rings. The molecule has 0 saturated heterocycles. The highest BCUT2D eigenvalue weighted by molar-refractivity contribution is 5.47. The molecule has 0 saturated carbocycles. The molecule has 0 aliphatic rings. The molecule has 1 aromatic heterocycles. The van der Waals surface area contributed by atoms with Gasteiger partial charge in [0.15, 0.2) is 0 Å². The number of nitrogens with two attached hydrogens (primary N) is 1. The van der Waals surface area contributed by atoms with Gasteiger partial charge in [0.1, 0.15) is 17.5 Å². The number of nitrogens with zero attached hydrogens (tertiary/aromatic N) is 3. The number of hydrogen-bond acceptors (Lipinski definition) is 4. The zero-order chi connectivity index (χ0) is 12.8. The van der Waals surface area contributed by atoms with E-state index in [1.165, 1.54) is 0 Å². The maximum atomic E-state index is 5.83. The summed E-state index contributed by atoms with van der Waals surface area (Å²) in [4.78, 5) is 11.0. The van der Waals surface area contributed by atoms with E-state index in [0.717, 1.165) is 37.3 Å². The van der Waals surface area contributed by atoms with Crippen LogP contribution >= 0.6 is 0 Å².